The molecule has 0 heterocycles. The van der Waals surface area contributed by atoms with Gasteiger partial charge in [0.05, 0.1) is 18.8 Å². The van der Waals surface area contributed by atoms with E-state index >= 15 is 0 Å². The molecule has 0 radical (unpaired) electrons. The largest absolute Gasteiger partial charge is 0.459 e. The van der Waals surface area contributed by atoms with Crippen LogP contribution in [-0.2, 0) is 14.3 Å². The SMILES string of the molecule is CCOC(=O)C(=O)N[C@H](C)[C@@H](O)c1ccccc1. The summed E-state index contributed by atoms with van der Waals surface area (Å²) in [7, 11) is 0. The van der Waals surface area contributed by atoms with Gasteiger partial charge in [-0.25, -0.2) is 4.79 Å². The average molecular weight is 251 g/mol. The molecule has 2 atom stereocenters. The van der Waals surface area contributed by atoms with Crippen molar-refractivity contribution in [2.75, 3.05) is 6.61 Å². The van der Waals surface area contributed by atoms with Crippen LogP contribution in [0.25, 0.3) is 0 Å². The maximum absolute atomic E-state index is 11.4. The Hall–Kier alpha value is -1.88. The number of ether oxygens (including phenoxy) is 1. The van der Waals surface area contributed by atoms with E-state index in [0.29, 0.717) is 5.56 Å². The molecular weight excluding hydrogens is 234 g/mol. The molecule has 1 rings (SSSR count). The Kier molecular flexibility index (Phi) is 5.32. The summed E-state index contributed by atoms with van der Waals surface area (Å²) in [6.45, 7) is 3.38. The van der Waals surface area contributed by atoms with Gasteiger partial charge in [0, 0.05) is 0 Å². The van der Waals surface area contributed by atoms with Crippen molar-refractivity contribution in [1.82, 2.24) is 5.32 Å². The third-order valence-electron chi connectivity index (χ3n) is 2.43. The molecule has 0 fully saturated rings. The third-order valence-corrected chi connectivity index (χ3v) is 2.43. The number of amides is 1. The topological polar surface area (TPSA) is 75.6 Å². The molecular formula is C13H17NO4. The van der Waals surface area contributed by atoms with E-state index in [1.165, 1.54) is 0 Å². The van der Waals surface area contributed by atoms with E-state index in [4.69, 9.17) is 0 Å². The van der Waals surface area contributed by atoms with Crippen molar-refractivity contribution in [1.29, 1.82) is 0 Å². The molecule has 0 spiro atoms. The van der Waals surface area contributed by atoms with Gasteiger partial charge in [-0.15, -0.1) is 0 Å². The van der Waals surface area contributed by atoms with E-state index in [0.717, 1.165) is 0 Å². The molecule has 5 nitrogen and oxygen atoms in total. The fraction of sp³-hybridized carbons (Fsp3) is 0.385. The van der Waals surface area contributed by atoms with Crippen molar-refractivity contribution in [2.24, 2.45) is 0 Å². The predicted molar refractivity (Wildman–Crippen MR) is 65.6 cm³/mol. The van der Waals surface area contributed by atoms with E-state index in [2.05, 4.69) is 10.1 Å². The molecule has 1 aromatic rings. The van der Waals surface area contributed by atoms with Gasteiger partial charge in [-0.3, -0.25) is 4.79 Å². The number of nitrogens with one attached hydrogen (secondary N) is 1. The number of aliphatic hydroxyl groups excluding tert-OH is 1. The van der Waals surface area contributed by atoms with Gasteiger partial charge in [0.25, 0.3) is 0 Å². The first-order valence-corrected chi connectivity index (χ1v) is 5.77. The Bertz CT molecular complexity index is 405. The third kappa shape index (κ3) is 3.85. The predicted octanol–water partition coefficient (Wildman–Crippen LogP) is 0.788. The molecule has 0 aliphatic carbocycles. The first-order chi connectivity index (χ1) is 8.56. The summed E-state index contributed by atoms with van der Waals surface area (Å²) in [6, 6.07) is 8.33. The summed E-state index contributed by atoms with van der Waals surface area (Å²) in [4.78, 5) is 22.5. The summed E-state index contributed by atoms with van der Waals surface area (Å²) in [5, 5.41) is 12.4. The molecule has 0 saturated carbocycles. The Morgan fingerprint density at radius 1 is 1.33 bits per heavy atom. The van der Waals surface area contributed by atoms with Gasteiger partial charge in [0.2, 0.25) is 0 Å². The molecule has 1 amide bonds. The number of esters is 1. The number of aliphatic hydroxyl groups is 1. The summed E-state index contributed by atoms with van der Waals surface area (Å²) in [5.74, 6) is -1.79. The Morgan fingerprint density at radius 2 is 1.94 bits per heavy atom. The highest BCUT2D eigenvalue weighted by Crippen LogP contribution is 2.15. The summed E-state index contributed by atoms with van der Waals surface area (Å²) < 4.78 is 4.56. The highest BCUT2D eigenvalue weighted by molar-refractivity contribution is 6.32. The zero-order valence-electron chi connectivity index (χ0n) is 10.4. The van der Waals surface area contributed by atoms with Crippen LogP contribution in [0.2, 0.25) is 0 Å². The molecule has 1 aromatic carbocycles. The second-order valence-corrected chi connectivity index (χ2v) is 3.84. The number of carbonyl (C=O) groups is 2. The molecule has 0 aromatic heterocycles. The molecule has 2 N–H and O–H groups in total. The standard InChI is InChI=1S/C13H17NO4/c1-3-18-13(17)12(16)14-9(2)11(15)10-7-5-4-6-8-10/h4-9,11,15H,3H2,1-2H3,(H,14,16)/t9-,11-/m1/s1. The minimum atomic E-state index is -0.940. The Labute approximate surface area is 106 Å². The first-order valence-electron chi connectivity index (χ1n) is 5.77. The van der Waals surface area contributed by atoms with Gasteiger partial charge in [0.15, 0.2) is 0 Å². The van der Waals surface area contributed by atoms with Gasteiger partial charge < -0.3 is 15.2 Å². The van der Waals surface area contributed by atoms with Crippen LogP contribution in [0, 0.1) is 0 Å². The highest BCUT2D eigenvalue weighted by atomic mass is 16.5. The van der Waals surface area contributed by atoms with Crippen LogP contribution in [0.5, 0.6) is 0 Å². The summed E-state index contributed by atoms with van der Waals surface area (Å²) in [5.41, 5.74) is 0.675. The molecule has 0 bridgehead atoms. The van der Waals surface area contributed by atoms with Crippen LogP contribution in [0.4, 0.5) is 0 Å². The number of hydrogen-bond acceptors (Lipinski definition) is 4. The van der Waals surface area contributed by atoms with E-state index in [1.54, 1.807) is 38.1 Å². The molecule has 98 valence electrons. The van der Waals surface area contributed by atoms with Crippen molar-refractivity contribution in [3.63, 3.8) is 0 Å². The molecule has 0 unspecified atom stereocenters. The maximum Gasteiger partial charge on any atom is 0.396 e. The molecule has 5 heteroatoms. The molecule has 18 heavy (non-hydrogen) atoms. The zero-order chi connectivity index (χ0) is 13.5. The number of benzene rings is 1. The van der Waals surface area contributed by atoms with Gasteiger partial charge in [-0.1, -0.05) is 30.3 Å². The first kappa shape index (κ1) is 14.2. The quantitative estimate of drug-likeness (QED) is 0.612. The highest BCUT2D eigenvalue weighted by Gasteiger charge is 2.22. The van der Waals surface area contributed by atoms with E-state index in [-0.39, 0.29) is 6.61 Å². The van der Waals surface area contributed by atoms with Crippen LogP contribution in [0.15, 0.2) is 30.3 Å². The van der Waals surface area contributed by atoms with Gasteiger partial charge in [0.1, 0.15) is 0 Å². The van der Waals surface area contributed by atoms with Gasteiger partial charge in [-0.05, 0) is 19.4 Å². The van der Waals surface area contributed by atoms with E-state index < -0.39 is 24.0 Å². The monoisotopic (exact) mass is 251 g/mol. The summed E-state index contributed by atoms with van der Waals surface area (Å²) >= 11 is 0. The fourth-order valence-electron chi connectivity index (χ4n) is 1.48. The number of rotatable bonds is 4. The van der Waals surface area contributed by atoms with E-state index in [9.17, 15) is 14.7 Å². The fourth-order valence-corrected chi connectivity index (χ4v) is 1.48. The van der Waals surface area contributed by atoms with Crippen LogP contribution >= 0.6 is 0 Å². The normalized spacial score (nSPS) is 13.5. The second kappa shape index (κ2) is 6.76. The lowest BCUT2D eigenvalue weighted by atomic mass is 10.0. The smallest absolute Gasteiger partial charge is 0.396 e. The zero-order valence-corrected chi connectivity index (χ0v) is 10.4. The van der Waals surface area contributed by atoms with Crippen LogP contribution < -0.4 is 5.32 Å². The van der Waals surface area contributed by atoms with Crippen molar-refractivity contribution < 1.29 is 19.4 Å². The number of hydrogen-bond donors (Lipinski definition) is 2. The average Bonchev–Trinajstić information content (AvgIpc) is 2.39. The lowest BCUT2D eigenvalue weighted by molar-refractivity contribution is -0.155. The number of carbonyl (C=O) groups excluding carboxylic acids is 2. The maximum atomic E-state index is 11.4. The second-order valence-electron chi connectivity index (χ2n) is 3.84. The van der Waals surface area contributed by atoms with Crippen LogP contribution in [0.1, 0.15) is 25.5 Å². The minimum absolute atomic E-state index is 0.141. The summed E-state index contributed by atoms with van der Waals surface area (Å²) in [6.07, 6.45) is -0.871. The lowest BCUT2D eigenvalue weighted by Crippen LogP contribution is -2.41. The van der Waals surface area contributed by atoms with Crippen LogP contribution in [-0.4, -0.2) is 29.6 Å². The Balaban J connectivity index is 2.58. The molecule has 0 aliphatic heterocycles. The van der Waals surface area contributed by atoms with E-state index in [1.807, 2.05) is 6.07 Å². The Morgan fingerprint density at radius 3 is 2.50 bits per heavy atom. The van der Waals surface area contributed by atoms with Gasteiger partial charge >= 0.3 is 11.9 Å². The molecule has 0 aliphatic rings. The van der Waals surface area contributed by atoms with Crippen molar-refractivity contribution in [3.05, 3.63) is 35.9 Å². The van der Waals surface area contributed by atoms with Gasteiger partial charge in [-0.2, -0.15) is 0 Å². The van der Waals surface area contributed by atoms with Crippen LogP contribution in [0.3, 0.4) is 0 Å². The minimum Gasteiger partial charge on any atom is -0.459 e. The van der Waals surface area contributed by atoms with Crippen molar-refractivity contribution in [3.8, 4) is 0 Å². The lowest BCUT2D eigenvalue weighted by Gasteiger charge is -2.19. The van der Waals surface area contributed by atoms with Crippen molar-refractivity contribution in [2.45, 2.75) is 26.0 Å². The van der Waals surface area contributed by atoms with Crippen molar-refractivity contribution >= 4 is 11.9 Å². The molecule has 0 saturated heterocycles.